The van der Waals surface area contributed by atoms with Gasteiger partial charge in [-0.15, -0.1) is 0 Å². The maximum atomic E-state index is 12.1. The molecule has 98 valence electrons. The smallest absolute Gasteiger partial charge is 0.333 e. The van der Waals surface area contributed by atoms with Crippen LogP contribution in [0.1, 0.15) is 32.1 Å². The predicted molar refractivity (Wildman–Crippen MR) is 62.0 cm³/mol. The minimum atomic E-state index is -1.16. The third-order valence-corrected chi connectivity index (χ3v) is 3.51. The first-order valence-electron chi connectivity index (χ1n) is 6.05. The molecule has 0 bridgehead atoms. The SMILES string of the molecule is NCOC(=O)C1(N2C(=O)C=CC2=O)CCCCC1. The Kier molecular flexibility index (Phi) is 3.47. The van der Waals surface area contributed by atoms with Gasteiger partial charge in [0, 0.05) is 12.2 Å². The van der Waals surface area contributed by atoms with Crippen LogP contribution < -0.4 is 5.73 Å². The summed E-state index contributed by atoms with van der Waals surface area (Å²) in [5, 5.41) is 0. The fourth-order valence-corrected chi connectivity index (χ4v) is 2.69. The molecule has 0 saturated heterocycles. The fraction of sp³-hybridized carbons (Fsp3) is 0.583. The normalized spacial score (nSPS) is 22.4. The standard InChI is InChI=1S/C12H16N2O4/c13-8-18-11(17)12(6-2-1-3-7-12)14-9(15)4-5-10(14)16/h4-5H,1-3,6-8,13H2. The summed E-state index contributed by atoms with van der Waals surface area (Å²) in [6.45, 7) is -0.246. The molecule has 0 spiro atoms. The molecule has 6 nitrogen and oxygen atoms in total. The van der Waals surface area contributed by atoms with Crippen molar-refractivity contribution in [1.29, 1.82) is 0 Å². The van der Waals surface area contributed by atoms with E-state index in [4.69, 9.17) is 10.5 Å². The summed E-state index contributed by atoms with van der Waals surface area (Å²) in [6.07, 6.45) is 5.84. The minimum absolute atomic E-state index is 0.246. The zero-order chi connectivity index (χ0) is 13.2. The van der Waals surface area contributed by atoms with E-state index in [0.29, 0.717) is 12.8 Å². The Bertz CT molecular complexity index is 392. The maximum absolute atomic E-state index is 12.1. The summed E-state index contributed by atoms with van der Waals surface area (Å²) < 4.78 is 4.86. The van der Waals surface area contributed by atoms with E-state index in [1.807, 2.05) is 0 Å². The largest absolute Gasteiger partial charge is 0.448 e. The summed E-state index contributed by atoms with van der Waals surface area (Å²) >= 11 is 0. The van der Waals surface area contributed by atoms with Crippen molar-refractivity contribution < 1.29 is 19.1 Å². The van der Waals surface area contributed by atoms with Gasteiger partial charge < -0.3 is 4.74 Å². The lowest BCUT2D eigenvalue weighted by molar-refractivity contribution is -0.169. The summed E-state index contributed by atoms with van der Waals surface area (Å²) in [7, 11) is 0. The van der Waals surface area contributed by atoms with Crippen molar-refractivity contribution in [1.82, 2.24) is 4.90 Å². The Morgan fingerprint density at radius 1 is 1.22 bits per heavy atom. The minimum Gasteiger partial charge on any atom is -0.448 e. The van der Waals surface area contributed by atoms with Gasteiger partial charge in [0.05, 0.1) is 0 Å². The first kappa shape index (κ1) is 12.8. The highest BCUT2D eigenvalue weighted by Gasteiger charge is 2.51. The van der Waals surface area contributed by atoms with Crippen LogP contribution in [0.3, 0.4) is 0 Å². The van der Waals surface area contributed by atoms with Gasteiger partial charge in [-0.3, -0.25) is 20.2 Å². The molecule has 6 heteroatoms. The quantitative estimate of drug-likeness (QED) is 0.436. The number of amides is 2. The second kappa shape index (κ2) is 4.89. The van der Waals surface area contributed by atoms with Crippen molar-refractivity contribution in [3.05, 3.63) is 12.2 Å². The highest BCUT2D eigenvalue weighted by atomic mass is 16.5. The van der Waals surface area contributed by atoms with Gasteiger partial charge in [-0.05, 0) is 12.8 Å². The van der Waals surface area contributed by atoms with Crippen LogP contribution in [0.5, 0.6) is 0 Å². The molecule has 2 aliphatic rings. The fourth-order valence-electron chi connectivity index (χ4n) is 2.69. The Morgan fingerprint density at radius 3 is 2.28 bits per heavy atom. The van der Waals surface area contributed by atoms with Crippen molar-refractivity contribution in [3.63, 3.8) is 0 Å². The van der Waals surface area contributed by atoms with Crippen LogP contribution in [0.15, 0.2) is 12.2 Å². The second-order valence-corrected chi connectivity index (χ2v) is 4.54. The average molecular weight is 252 g/mol. The number of nitrogens with two attached hydrogens (primary N) is 1. The lowest BCUT2D eigenvalue weighted by Crippen LogP contribution is -2.59. The summed E-state index contributed by atoms with van der Waals surface area (Å²) in [6, 6.07) is 0. The maximum Gasteiger partial charge on any atom is 0.333 e. The van der Waals surface area contributed by atoms with Crippen LogP contribution >= 0.6 is 0 Å². The van der Waals surface area contributed by atoms with Crippen LogP contribution in [0.4, 0.5) is 0 Å². The van der Waals surface area contributed by atoms with E-state index >= 15 is 0 Å². The Balaban J connectivity index is 2.32. The van der Waals surface area contributed by atoms with Gasteiger partial charge in [0.15, 0.2) is 0 Å². The molecule has 1 heterocycles. The lowest BCUT2D eigenvalue weighted by atomic mass is 9.80. The Hall–Kier alpha value is -1.69. The lowest BCUT2D eigenvalue weighted by Gasteiger charge is -2.40. The zero-order valence-electron chi connectivity index (χ0n) is 10.1. The molecule has 1 aliphatic carbocycles. The first-order valence-corrected chi connectivity index (χ1v) is 6.05. The van der Waals surface area contributed by atoms with Crippen LogP contribution in [0.2, 0.25) is 0 Å². The van der Waals surface area contributed by atoms with E-state index in [1.165, 1.54) is 12.2 Å². The van der Waals surface area contributed by atoms with Crippen LogP contribution in [0, 0.1) is 0 Å². The summed E-state index contributed by atoms with van der Waals surface area (Å²) in [5.41, 5.74) is 4.06. The molecule has 2 rings (SSSR count). The van der Waals surface area contributed by atoms with Gasteiger partial charge in [0.1, 0.15) is 12.3 Å². The zero-order valence-corrected chi connectivity index (χ0v) is 10.1. The van der Waals surface area contributed by atoms with E-state index in [9.17, 15) is 14.4 Å². The van der Waals surface area contributed by atoms with Crippen molar-refractivity contribution in [2.75, 3.05) is 6.73 Å². The number of esters is 1. The molecule has 0 aromatic rings. The second-order valence-electron chi connectivity index (χ2n) is 4.54. The molecule has 2 N–H and O–H groups in total. The number of ether oxygens (including phenoxy) is 1. The molecule has 0 aromatic carbocycles. The van der Waals surface area contributed by atoms with Gasteiger partial charge in [0.2, 0.25) is 0 Å². The van der Waals surface area contributed by atoms with Gasteiger partial charge in [-0.2, -0.15) is 0 Å². The molecule has 0 unspecified atom stereocenters. The Labute approximate surface area is 105 Å². The number of nitrogens with zero attached hydrogens (tertiary/aromatic N) is 1. The number of hydrogen-bond donors (Lipinski definition) is 1. The molecular weight excluding hydrogens is 236 g/mol. The molecular formula is C12H16N2O4. The van der Waals surface area contributed by atoms with E-state index in [-0.39, 0.29) is 6.73 Å². The number of carbonyl (C=O) groups excluding carboxylic acids is 3. The van der Waals surface area contributed by atoms with Crippen LogP contribution in [-0.2, 0) is 19.1 Å². The molecule has 0 atom stereocenters. The molecule has 1 fully saturated rings. The van der Waals surface area contributed by atoms with E-state index in [2.05, 4.69) is 0 Å². The third-order valence-electron chi connectivity index (χ3n) is 3.51. The monoisotopic (exact) mass is 252 g/mol. The predicted octanol–water partition coefficient (Wildman–Crippen LogP) is 0.0737. The van der Waals surface area contributed by atoms with Crippen molar-refractivity contribution in [2.45, 2.75) is 37.6 Å². The molecule has 2 amide bonds. The van der Waals surface area contributed by atoms with Gasteiger partial charge in [-0.1, -0.05) is 19.3 Å². The van der Waals surface area contributed by atoms with Gasteiger partial charge >= 0.3 is 5.97 Å². The van der Waals surface area contributed by atoms with Crippen molar-refractivity contribution in [2.24, 2.45) is 5.73 Å². The van der Waals surface area contributed by atoms with Crippen molar-refractivity contribution >= 4 is 17.8 Å². The molecule has 18 heavy (non-hydrogen) atoms. The third kappa shape index (κ3) is 1.92. The number of carbonyl (C=O) groups is 3. The molecule has 0 aromatic heterocycles. The van der Waals surface area contributed by atoms with Crippen molar-refractivity contribution in [3.8, 4) is 0 Å². The number of rotatable bonds is 3. The molecule has 1 saturated carbocycles. The number of hydrogen-bond acceptors (Lipinski definition) is 5. The Morgan fingerprint density at radius 2 is 1.78 bits per heavy atom. The van der Waals surface area contributed by atoms with E-state index in [1.54, 1.807) is 0 Å². The first-order chi connectivity index (χ1) is 8.62. The van der Waals surface area contributed by atoms with Gasteiger partial charge in [-0.25, -0.2) is 4.79 Å². The molecule has 1 aliphatic heterocycles. The highest BCUT2D eigenvalue weighted by molar-refractivity contribution is 6.15. The molecule has 0 radical (unpaired) electrons. The van der Waals surface area contributed by atoms with Crippen LogP contribution in [-0.4, -0.2) is 35.0 Å². The summed E-state index contributed by atoms with van der Waals surface area (Å²) in [4.78, 5) is 36.7. The highest BCUT2D eigenvalue weighted by Crippen LogP contribution is 2.36. The summed E-state index contributed by atoms with van der Waals surface area (Å²) in [5.74, 6) is -1.47. The van der Waals surface area contributed by atoms with Gasteiger partial charge in [0.25, 0.3) is 11.8 Å². The average Bonchev–Trinajstić information content (AvgIpc) is 2.70. The van der Waals surface area contributed by atoms with Crippen LogP contribution in [0.25, 0.3) is 0 Å². The topological polar surface area (TPSA) is 89.7 Å². The number of imide groups is 1. The van der Waals surface area contributed by atoms with E-state index in [0.717, 1.165) is 24.2 Å². The van der Waals surface area contributed by atoms with E-state index < -0.39 is 23.3 Å².